The molecule has 76 valence electrons. The minimum Gasteiger partial charge on any atom is -0.479 e. The van der Waals surface area contributed by atoms with Crippen molar-refractivity contribution < 1.29 is 15.0 Å². The zero-order valence-electron chi connectivity index (χ0n) is 6.61. The maximum absolute atomic E-state index is 10.4. The van der Waals surface area contributed by atoms with Crippen LogP contribution >= 0.6 is 23.2 Å². The lowest BCUT2D eigenvalue weighted by Crippen LogP contribution is -2.13. The summed E-state index contributed by atoms with van der Waals surface area (Å²) >= 11 is 11.1. The summed E-state index contributed by atoms with van der Waals surface area (Å²) < 4.78 is 0. The van der Waals surface area contributed by atoms with Gasteiger partial charge >= 0.3 is 5.97 Å². The number of aromatic nitrogens is 2. The highest BCUT2D eigenvalue weighted by Crippen LogP contribution is 2.28. The third kappa shape index (κ3) is 2.03. The second-order valence-corrected chi connectivity index (χ2v) is 3.03. The average molecular weight is 238 g/mol. The van der Waals surface area contributed by atoms with Gasteiger partial charge in [0.15, 0.2) is 6.10 Å². The van der Waals surface area contributed by atoms with Crippen LogP contribution in [-0.4, -0.2) is 26.2 Å². The van der Waals surface area contributed by atoms with E-state index in [0.717, 1.165) is 0 Å². The summed E-state index contributed by atoms with van der Waals surface area (Å²) in [6.45, 7) is 0. The number of nitrogen functional groups attached to an aromatic ring is 1. The molecule has 0 unspecified atom stereocenters. The van der Waals surface area contributed by atoms with Crippen LogP contribution in [0.3, 0.4) is 0 Å². The fourth-order valence-corrected chi connectivity index (χ4v) is 1.39. The fraction of sp³-hybridized carbons (Fsp3) is 0.167. The van der Waals surface area contributed by atoms with Gasteiger partial charge in [0.2, 0.25) is 5.95 Å². The molecular weight excluding hydrogens is 233 g/mol. The molecule has 0 bridgehead atoms. The van der Waals surface area contributed by atoms with E-state index >= 15 is 0 Å². The summed E-state index contributed by atoms with van der Waals surface area (Å²) in [6.07, 6.45) is -1.87. The Morgan fingerprint density at radius 3 is 2.14 bits per heavy atom. The number of hydrogen-bond acceptors (Lipinski definition) is 5. The summed E-state index contributed by atoms with van der Waals surface area (Å²) in [6, 6.07) is 0. The molecule has 1 heterocycles. The maximum Gasteiger partial charge on any atom is 0.337 e. The van der Waals surface area contributed by atoms with Crippen LogP contribution in [0.5, 0.6) is 0 Å². The summed E-state index contributed by atoms with van der Waals surface area (Å²) in [5, 5.41) is 17.1. The van der Waals surface area contributed by atoms with Crippen molar-refractivity contribution in [2.24, 2.45) is 0 Å². The van der Waals surface area contributed by atoms with Crippen LogP contribution in [0.1, 0.15) is 11.7 Å². The first-order valence-electron chi connectivity index (χ1n) is 3.32. The van der Waals surface area contributed by atoms with E-state index < -0.39 is 12.1 Å². The standard InChI is InChI=1S/C6H5Cl2N3O3/c7-3-1(2(12)5(13)14)4(8)11-6(9)10-3/h2,12H,(H,13,14)(H2,9,10,11)/t2-/m0/s1. The lowest BCUT2D eigenvalue weighted by atomic mass is 10.2. The lowest BCUT2D eigenvalue weighted by Gasteiger charge is -2.08. The number of hydrogen-bond donors (Lipinski definition) is 3. The summed E-state index contributed by atoms with van der Waals surface area (Å²) in [7, 11) is 0. The van der Waals surface area contributed by atoms with Gasteiger partial charge in [-0.2, -0.15) is 0 Å². The number of carbonyl (C=O) groups is 1. The van der Waals surface area contributed by atoms with Crippen LogP contribution in [0.25, 0.3) is 0 Å². The van der Waals surface area contributed by atoms with E-state index in [0.29, 0.717) is 0 Å². The monoisotopic (exact) mass is 237 g/mol. The van der Waals surface area contributed by atoms with Crippen LogP contribution in [-0.2, 0) is 4.79 Å². The Hall–Kier alpha value is -1.11. The number of aliphatic carboxylic acids is 1. The molecule has 8 heteroatoms. The highest BCUT2D eigenvalue weighted by Gasteiger charge is 2.24. The molecule has 4 N–H and O–H groups in total. The maximum atomic E-state index is 10.4. The number of nitrogens with two attached hydrogens (primary N) is 1. The first-order valence-corrected chi connectivity index (χ1v) is 4.08. The minimum absolute atomic E-state index is 0.193. The van der Waals surface area contributed by atoms with Crippen molar-refractivity contribution in [3.05, 3.63) is 15.9 Å². The van der Waals surface area contributed by atoms with Gasteiger partial charge in [-0.3, -0.25) is 0 Å². The van der Waals surface area contributed by atoms with Gasteiger partial charge in [-0.25, -0.2) is 14.8 Å². The average Bonchev–Trinajstić information content (AvgIpc) is 2.01. The summed E-state index contributed by atoms with van der Waals surface area (Å²) in [4.78, 5) is 17.4. The van der Waals surface area contributed by atoms with Crippen molar-refractivity contribution in [3.63, 3.8) is 0 Å². The van der Waals surface area contributed by atoms with Crippen LogP contribution in [0, 0.1) is 0 Å². The first-order chi connectivity index (χ1) is 6.43. The van der Waals surface area contributed by atoms with Gasteiger partial charge < -0.3 is 15.9 Å². The lowest BCUT2D eigenvalue weighted by molar-refractivity contribution is -0.147. The van der Waals surface area contributed by atoms with E-state index in [2.05, 4.69) is 9.97 Å². The van der Waals surface area contributed by atoms with E-state index in [4.69, 9.17) is 39.1 Å². The van der Waals surface area contributed by atoms with Gasteiger partial charge in [-0.1, -0.05) is 23.2 Å². The third-order valence-corrected chi connectivity index (χ3v) is 1.95. The molecule has 0 amide bonds. The smallest absolute Gasteiger partial charge is 0.337 e. The molecule has 1 aromatic heterocycles. The Morgan fingerprint density at radius 2 is 1.79 bits per heavy atom. The zero-order valence-corrected chi connectivity index (χ0v) is 8.12. The van der Waals surface area contributed by atoms with E-state index in [1.54, 1.807) is 0 Å². The van der Waals surface area contributed by atoms with E-state index in [9.17, 15) is 4.79 Å². The van der Waals surface area contributed by atoms with Gasteiger partial charge in [-0.15, -0.1) is 0 Å². The van der Waals surface area contributed by atoms with E-state index in [-0.39, 0.29) is 21.8 Å². The predicted molar refractivity (Wildman–Crippen MR) is 49.1 cm³/mol. The molecule has 1 rings (SSSR count). The molecule has 0 spiro atoms. The number of aliphatic hydroxyl groups is 1. The highest BCUT2D eigenvalue weighted by molar-refractivity contribution is 6.35. The molecule has 0 saturated carbocycles. The topological polar surface area (TPSA) is 109 Å². The number of anilines is 1. The molecule has 0 aliphatic heterocycles. The largest absolute Gasteiger partial charge is 0.479 e. The number of carboxylic acids is 1. The van der Waals surface area contributed by atoms with Crippen LogP contribution in [0.4, 0.5) is 5.95 Å². The van der Waals surface area contributed by atoms with Crippen molar-refractivity contribution in [2.75, 3.05) is 5.73 Å². The van der Waals surface area contributed by atoms with Gasteiger partial charge in [-0.05, 0) is 0 Å². The molecule has 0 saturated heterocycles. The fourth-order valence-electron chi connectivity index (χ4n) is 0.781. The molecule has 0 radical (unpaired) electrons. The number of aliphatic hydroxyl groups excluding tert-OH is 1. The summed E-state index contributed by atoms with van der Waals surface area (Å²) in [5.74, 6) is -1.69. The SMILES string of the molecule is Nc1nc(Cl)c([C@H](O)C(=O)O)c(Cl)n1. The minimum atomic E-state index is -1.87. The second kappa shape index (κ2) is 3.95. The Labute approximate surface area is 88.3 Å². The molecule has 0 aliphatic carbocycles. The number of halogens is 2. The summed E-state index contributed by atoms with van der Waals surface area (Å²) in [5.41, 5.74) is 4.92. The zero-order chi connectivity index (χ0) is 10.9. The van der Waals surface area contributed by atoms with Crippen LogP contribution in [0.2, 0.25) is 10.3 Å². The van der Waals surface area contributed by atoms with Crippen molar-refractivity contribution in [3.8, 4) is 0 Å². The normalized spacial score (nSPS) is 12.5. The quantitative estimate of drug-likeness (QED) is 0.646. The molecular formula is C6H5Cl2N3O3. The molecule has 0 fully saturated rings. The predicted octanol–water partition coefficient (Wildman–Crippen LogP) is 0.484. The Morgan fingerprint density at radius 1 is 1.36 bits per heavy atom. The van der Waals surface area contributed by atoms with Crippen molar-refractivity contribution in [1.82, 2.24) is 9.97 Å². The van der Waals surface area contributed by atoms with Gasteiger partial charge in [0.05, 0.1) is 5.56 Å². The van der Waals surface area contributed by atoms with Crippen molar-refractivity contribution in [1.29, 1.82) is 0 Å². The van der Waals surface area contributed by atoms with E-state index in [1.807, 2.05) is 0 Å². The van der Waals surface area contributed by atoms with Crippen molar-refractivity contribution >= 4 is 35.1 Å². The number of carboxylic acid groups (broad SMARTS) is 1. The van der Waals surface area contributed by atoms with Crippen LogP contribution in [0.15, 0.2) is 0 Å². The number of rotatable bonds is 2. The molecule has 0 aliphatic rings. The molecule has 1 atom stereocenters. The molecule has 14 heavy (non-hydrogen) atoms. The molecule has 0 aromatic carbocycles. The Balaban J connectivity index is 3.27. The molecule has 1 aromatic rings. The van der Waals surface area contributed by atoms with Crippen molar-refractivity contribution in [2.45, 2.75) is 6.10 Å². The van der Waals surface area contributed by atoms with Crippen LogP contribution < -0.4 is 5.73 Å². The second-order valence-electron chi connectivity index (χ2n) is 2.32. The van der Waals surface area contributed by atoms with Gasteiger partial charge in [0, 0.05) is 0 Å². The van der Waals surface area contributed by atoms with Gasteiger partial charge in [0.1, 0.15) is 10.3 Å². The highest BCUT2D eigenvalue weighted by atomic mass is 35.5. The number of nitrogens with zero attached hydrogens (tertiary/aromatic N) is 2. The molecule has 6 nitrogen and oxygen atoms in total. The van der Waals surface area contributed by atoms with Gasteiger partial charge in [0.25, 0.3) is 0 Å². The third-order valence-electron chi connectivity index (χ3n) is 1.38. The Bertz CT molecular complexity index is 362. The Kier molecular flexibility index (Phi) is 3.10. The van der Waals surface area contributed by atoms with E-state index in [1.165, 1.54) is 0 Å². The first kappa shape index (κ1) is 11.0.